The molecular weight excluding hydrogens is 561 g/mol. The van der Waals surface area contributed by atoms with Crippen LogP contribution in [0.4, 0.5) is 10.1 Å². The Balaban J connectivity index is 1.57. The van der Waals surface area contributed by atoms with Crippen molar-refractivity contribution in [2.75, 3.05) is 25.6 Å². The summed E-state index contributed by atoms with van der Waals surface area (Å²) in [6.45, 7) is 2.83. The Bertz CT molecular complexity index is 1520. The molecule has 0 radical (unpaired) electrons. The van der Waals surface area contributed by atoms with Gasteiger partial charge >= 0.3 is 0 Å². The number of rotatable bonds is 5. The number of nitrogens with zero attached hydrogens (tertiary/aromatic N) is 1. The number of anilines is 1. The van der Waals surface area contributed by atoms with Crippen LogP contribution in [0.2, 0.25) is 13.1 Å². The van der Waals surface area contributed by atoms with E-state index in [1.54, 1.807) is 12.1 Å². The SMILES string of the molecule is CN(C)c1ccc2c(c1)[Si](C)(C)c1cc(O[C@@H]3O[C@H](CO)[C@H](O)[C@H](O)[C@H]3O)c(CF)cc1C21OC(O)c2ccccc21. The summed E-state index contributed by atoms with van der Waals surface area (Å²) in [6, 6.07) is 17.1. The molecule has 224 valence electrons. The number of alkyl halides is 1. The maximum absolute atomic E-state index is 14.8. The molecule has 1 spiro atoms. The molecule has 0 aliphatic carbocycles. The van der Waals surface area contributed by atoms with E-state index in [4.69, 9.17) is 14.2 Å². The van der Waals surface area contributed by atoms with Crippen molar-refractivity contribution in [3.63, 3.8) is 0 Å². The molecule has 42 heavy (non-hydrogen) atoms. The molecule has 1 fully saturated rings. The van der Waals surface area contributed by atoms with E-state index < -0.39 is 64.0 Å². The van der Waals surface area contributed by atoms with E-state index in [9.17, 15) is 29.9 Å². The third kappa shape index (κ3) is 4.14. The lowest BCUT2D eigenvalue weighted by molar-refractivity contribution is -0.277. The van der Waals surface area contributed by atoms with Gasteiger partial charge in [-0.2, -0.15) is 0 Å². The van der Waals surface area contributed by atoms with Crippen molar-refractivity contribution in [3.8, 4) is 5.75 Å². The van der Waals surface area contributed by atoms with Crippen LogP contribution in [0.25, 0.3) is 0 Å². The molecule has 0 bridgehead atoms. The highest BCUT2D eigenvalue weighted by molar-refractivity contribution is 7.01. The molecule has 5 N–H and O–H groups in total. The maximum atomic E-state index is 14.8. The van der Waals surface area contributed by atoms with Gasteiger partial charge in [-0.3, -0.25) is 0 Å². The van der Waals surface area contributed by atoms with Crippen molar-refractivity contribution in [2.24, 2.45) is 0 Å². The first-order valence-electron chi connectivity index (χ1n) is 13.9. The van der Waals surface area contributed by atoms with Crippen molar-refractivity contribution in [3.05, 3.63) is 82.4 Å². The molecule has 0 aromatic heterocycles. The first-order valence-corrected chi connectivity index (χ1v) is 16.9. The van der Waals surface area contributed by atoms with Gasteiger partial charge in [0.1, 0.15) is 50.5 Å². The highest BCUT2D eigenvalue weighted by atomic mass is 28.3. The Morgan fingerprint density at radius 2 is 1.62 bits per heavy atom. The Hall–Kier alpha value is -2.87. The molecule has 3 aromatic carbocycles. The number of ether oxygens (including phenoxy) is 3. The maximum Gasteiger partial charge on any atom is 0.229 e. The highest BCUT2D eigenvalue weighted by Gasteiger charge is 2.55. The number of fused-ring (bicyclic) bond motifs is 6. The fraction of sp³-hybridized carbons (Fsp3) is 0.419. The quantitative estimate of drug-likeness (QED) is 0.272. The molecule has 11 heteroatoms. The molecule has 9 nitrogen and oxygen atoms in total. The lowest BCUT2D eigenvalue weighted by Crippen LogP contribution is -2.63. The van der Waals surface area contributed by atoms with E-state index in [0.29, 0.717) is 11.1 Å². The number of hydrogen-bond acceptors (Lipinski definition) is 9. The second kappa shape index (κ2) is 10.4. The van der Waals surface area contributed by atoms with E-state index in [1.165, 1.54) is 0 Å². The predicted octanol–water partition coefficient (Wildman–Crippen LogP) is 0.850. The van der Waals surface area contributed by atoms with Crippen molar-refractivity contribution in [1.82, 2.24) is 0 Å². The van der Waals surface area contributed by atoms with E-state index >= 15 is 0 Å². The topological polar surface area (TPSA) is 132 Å². The van der Waals surface area contributed by atoms with Gasteiger partial charge in [-0.15, -0.1) is 0 Å². The molecule has 3 aliphatic heterocycles. The molecule has 3 heterocycles. The second-order valence-electron chi connectivity index (χ2n) is 11.9. The van der Waals surface area contributed by atoms with E-state index in [2.05, 4.69) is 19.2 Å². The van der Waals surface area contributed by atoms with Crippen LogP contribution < -0.4 is 20.0 Å². The van der Waals surface area contributed by atoms with Gasteiger partial charge < -0.3 is 44.6 Å². The van der Waals surface area contributed by atoms with E-state index in [0.717, 1.165) is 27.2 Å². The Morgan fingerprint density at radius 3 is 2.31 bits per heavy atom. The third-order valence-electron chi connectivity index (χ3n) is 8.96. The molecule has 2 unspecified atom stereocenters. The van der Waals surface area contributed by atoms with Crippen LogP contribution in [0.1, 0.15) is 34.1 Å². The molecule has 6 rings (SSSR count). The summed E-state index contributed by atoms with van der Waals surface area (Å²) in [5, 5.41) is 53.8. The fourth-order valence-corrected chi connectivity index (χ4v) is 9.75. The largest absolute Gasteiger partial charge is 0.462 e. The third-order valence-corrected chi connectivity index (χ3v) is 12.5. The van der Waals surface area contributed by atoms with Crippen LogP contribution in [0.5, 0.6) is 5.75 Å². The van der Waals surface area contributed by atoms with Crippen LogP contribution in [0.3, 0.4) is 0 Å². The zero-order valence-electron chi connectivity index (χ0n) is 23.9. The molecule has 0 saturated carbocycles. The lowest BCUT2D eigenvalue weighted by Gasteiger charge is -2.45. The molecule has 0 amide bonds. The van der Waals surface area contributed by atoms with Gasteiger partial charge in [0.25, 0.3) is 0 Å². The zero-order chi connectivity index (χ0) is 30.1. The normalized spacial score (nSPS) is 30.9. The Labute approximate surface area is 244 Å². The van der Waals surface area contributed by atoms with Gasteiger partial charge in [0.2, 0.25) is 6.29 Å². The molecule has 3 aromatic rings. The molecular formula is C31H36FNO8Si. The van der Waals surface area contributed by atoms with Gasteiger partial charge in [-0.05, 0) is 45.8 Å². The highest BCUT2D eigenvalue weighted by Crippen LogP contribution is 2.53. The molecule has 3 aliphatic rings. The number of hydrogen-bond donors (Lipinski definition) is 5. The van der Waals surface area contributed by atoms with Gasteiger partial charge in [-0.1, -0.05) is 43.4 Å². The molecule has 7 atom stereocenters. The number of halogens is 1. The lowest BCUT2D eigenvalue weighted by atomic mass is 9.78. The smallest absolute Gasteiger partial charge is 0.229 e. The minimum Gasteiger partial charge on any atom is -0.462 e. The summed E-state index contributed by atoms with van der Waals surface area (Å²) in [4.78, 5) is 2.02. The van der Waals surface area contributed by atoms with Crippen LogP contribution in [-0.2, 0) is 21.7 Å². The minimum atomic E-state index is -2.56. The summed E-state index contributed by atoms with van der Waals surface area (Å²) in [5.74, 6) is 0.107. The summed E-state index contributed by atoms with van der Waals surface area (Å²) in [5.41, 5.74) is 2.96. The van der Waals surface area contributed by atoms with Gasteiger partial charge in [0.05, 0.1) is 6.61 Å². The summed E-state index contributed by atoms with van der Waals surface area (Å²) < 4.78 is 32.9. The zero-order valence-corrected chi connectivity index (χ0v) is 24.9. The van der Waals surface area contributed by atoms with E-state index in [-0.39, 0.29) is 11.3 Å². The van der Waals surface area contributed by atoms with E-state index in [1.807, 2.05) is 55.4 Å². The minimum absolute atomic E-state index is 0.107. The first kappa shape index (κ1) is 29.2. The monoisotopic (exact) mass is 597 g/mol. The Kier molecular flexibility index (Phi) is 7.22. The summed E-state index contributed by atoms with van der Waals surface area (Å²) in [7, 11) is 1.37. The number of benzene rings is 3. The average Bonchev–Trinajstić information content (AvgIpc) is 3.28. The van der Waals surface area contributed by atoms with Crippen LogP contribution in [-0.4, -0.2) is 85.0 Å². The Morgan fingerprint density at radius 1 is 0.905 bits per heavy atom. The average molecular weight is 598 g/mol. The standard InChI is InChI=1S/C31H36FNO8Si/c1-33(2)17-9-10-20-24(12-17)42(3,4)25-13-22(39-30-28(37)27(36)26(35)23(15-34)40-30)16(14-32)11-21(25)31(20)19-8-6-5-7-18(19)29(38)41-31/h5-13,23,26-30,34-38H,14-15H2,1-4H3/t23-,26+,27+,28-,29?,30-,31?/m1/s1. The van der Waals surface area contributed by atoms with Crippen molar-refractivity contribution >= 4 is 24.1 Å². The summed E-state index contributed by atoms with van der Waals surface area (Å²) in [6.07, 6.45) is -8.67. The van der Waals surface area contributed by atoms with Gasteiger partial charge in [-0.25, -0.2) is 4.39 Å². The van der Waals surface area contributed by atoms with Crippen molar-refractivity contribution < 1.29 is 44.1 Å². The first-order chi connectivity index (χ1) is 19.9. The fourth-order valence-electron chi connectivity index (χ4n) is 6.61. The van der Waals surface area contributed by atoms with Gasteiger partial charge in [0, 0.05) is 36.5 Å². The van der Waals surface area contributed by atoms with Crippen LogP contribution in [0.15, 0.2) is 54.6 Å². The van der Waals surface area contributed by atoms with Crippen LogP contribution in [0, 0.1) is 0 Å². The molecule has 1 saturated heterocycles. The van der Waals surface area contributed by atoms with Crippen LogP contribution >= 0.6 is 0 Å². The summed E-state index contributed by atoms with van der Waals surface area (Å²) >= 11 is 0. The second-order valence-corrected chi connectivity index (χ2v) is 16.3. The number of aliphatic hydroxyl groups excluding tert-OH is 5. The van der Waals surface area contributed by atoms with Crippen molar-refractivity contribution in [2.45, 2.75) is 62.4 Å². The number of aliphatic hydroxyl groups is 5. The van der Waals surface area contributed by atoms with Crippen molar-refractivity contribution in [1.29, 1.82) is 0 Å². The van der Waals surface area contributed by atoms with Gasteiger partial charge in [0.15, 0.2) is 6.29 Å². The predicted molar refractivity (Wildman–Crippen MR) is 156 cm³/mol.